The van der Waals surface area contributed by atoms with E-state index >= 15 is 0 Å². The first-order valence-electron chi connectivity index (χ1n) is 12.8. The Morgan fingerprint density at radius 1 is 0.838 bits per heavy atom. The number of ether oxygens (including phenoxy) is 3. The second-order valence-electron chi connectivity index (χ2n) is 9.62. The summed E-state index contributed by atoms with van der Waals surface area (Å²) in [6, 6.07) is 22.5. The smallest absolute Gasteiger partial charge is 0.338 e. The summed E-state index contributed by atoms with van der Waals surface area (Å²) in [5.74, 6) is 2.02. The lowest BCUT2D eigenvalue weighted by Gasteiger charge is -2.26. The molecule has 4 aromatic rings. The number of piperidine rings is 1. The van der Waals surface area contributed by atoms with Crippen LogP contribution in [0, 0.1) is 0 Å². The van der Waals surface area contributed by atoms with Gasteiger partial charge in [-0.05, 0) is 91.5 Å². The maximum atomic E-state index is 12.2. The summed E-state index contributed by atoms with van der Waals surface area (Å²) in [6.07, 6.45) is 3.88. The Hall–Kier alpha value is -4.03. The molecule has 2 aliphatic heterocycles. The molecule has 1 fully saturated rings. The third-order valence-corrected chi connectivity index (χ3v) is 7.12. The van der Waals surface area contributed by atoms with Crippen LogP contribution in [0.4, 0.5) is 0 Å². The number of rotatable bonds is 7. The van der Waals surface area contributed by atoms with E-state index in [1.54, 1.807) is 12.1 Å². The molecule has 0 aromatic heterocycles. The van der Waals surface area contributed by atoms with Gasteiger partial charge in [0.05, 0.1) is 5.56 Å². The highest BCUT2D eigenvalue weighted by Crippen LogP contribution is 2.41. The highest BCUT2D eigenvalue weighted by molar-refractivity contribution is 5.98. The first-order valence-corrected chi connectivity index (χ1v) is 12.8. The molecule has 6 heteroatoms. The number of carbonyl (C=O) groups is 1. The van der Waals surface area contributed by atoms with Gasteiger partial charge in [-0.2, -0.15) is 0 Å². The van der Waals surface area contributed by atoms with Gasteiger partial charge >= 0.3 is 5.97 Å². The van der Waals surface area contributed by atoms with Gasteiger partial charge in [-0.3, -0.25) is 4.90 Å². The second kappa shape index (κ2) is 10.1. The molecule has 1 N–H and O–H groups in total. The minimum Gasteiger partial charge on any atom is -0.508 e. The minimum atomic E-state index is -0.305. The molecule has 6 rings (SSSR count). The van der Waals surface area contributed by atoms with Crippen molar-refractivity contribution >= 4 is 16.7 Å². The molecule has 0 unspecified atom stereocenters. The van der Waals surface area contributed by atoms with Crippen molar-refractivity contribution in [3.05, 3.63) is 83.9 Å². The van der Waals surface area contributed by atoms with Crippen LogP contribution in [0.5, 0.6) is 23.0 Å². The van der Waals surface area contributed by atoms with Crippen LogP contribution in [0.3, 0.4) is 0 Å². The van der Waals surface area contributed by atoms with E-state index in [4.69, 9.17) is 14.2 Å². The summed E-state index contributed by atoms with van der Waals surface area (Å²) in [4.78, 5) is 14.6. The average Bonchev–Trinajstić information content (AvgIpc) is 3.30. The largest absolute Gasteiger partial charge is 0.508 e. The standard InChI is InChI=1S/C31H29NO5/c33-24-7-13-28-21(18-24)6-12-27(22-4-5-23-20-36-31(34)29(23)19-22)30(28)37-26-10-8-25(9-11-26)35-17-16-32-14-2-1-3-15-32/h4-13,18-19,33H,1-3,14-17,20H2. The Kier molecular flexibility index (Phi) is 6.41. The van der Waals surface area contributed by atoms with E-state index in [2.05, 4.69) is 4.90 Å². The van der Waals surface area contributed by atoms with Gasteiger partial charge < -0.3 is 19.3 Å². The zero-order chi connectivity index (χ0) is 25.2. The van der Waals surface area contributed by atoms with Crippen molar-refractivity contribution in [2.45, 2.75) is 25.9 Å². The maximum absolute atomic E-state index is 12.2. The fourth-order valence-electron chi connectivity index (χ4n) is 5.10. The first kappa shape index (κ1) is 23.4. The summed E-state index contributed by atoms with van der Waals surface area (Å²) in [5.41, 5.74) is 3.18. The molecule has 0 spiro atoms. The highest BCUT2D eigenvalue weighted by Gasteiger charge is 2.23. The molecule has 6 nitrogen and oxygen atoms in total. The van der Waals surface area contributed by atoms with Gasteiger partial charge in [0.15, 0.2) is 0 Å². The molecule has 0 bridgehead atoms. The van der Waals surface area contributed by atoms with Crippen molar-refractivity contribution in [1.29, 1.82) is 0 Å². The normalized spacial score (nSPS) is 15.4. The fraction of sp³-hybridized carbons (Fsp3) is 0.258. The van der Waals surface area contributed by atoms with Crippen LogP contribution >= 0.6 is 0 Å². The Bertz CT molecular complexity index is 1440. The van der Waals surface area contributed by atoms with Gasteiger partial charge in [-0.1, -0.05) is 24.6 Å². The number of cyclic esters (lactones) is 1. The molecule has 4 aromatic carbocycles. The Morgan fingerprint density at radius 2 is 1.65 bits per heavy atom. The monoisotopic (exact) mass is 495 g/mol. The Morgan fingerprint density at radius 3 is 2.49 bits per heavy atom. The van der Waals surface area contributed by atoms with Crippen LogP contribution in [0.2, 0.25) is 0 Å². The Labute approximate surface area is 216 Å². The molecule has 2 heterocycles. The summed E-state index contributed by atoms with van der Waals surface area (Å²) >= 11 is 0. The van der Waals surface area contributed by atoms with E-state index in [0.29, 0.717) is 30.3 Å². The molecule has 0 amide bonds. The quantitative estimate of drug-likeness (QED) is 0.294. The number of esters is 1. The fourth-order valence-corrected chi connectivity index (χ4v) is 5.10. The van der Waals surface area contributed by atoms with Crippen LogP contribution in [0.15, 0.2) is 72.8 Å². The van der Waals surface area contributed by atoms with Gasteiger partial charge in [-0.25, -0.2) is 4.79 Å². The predicted octanol–water partition coefficient (Wildman–Crippen LogP) is 6.54. The number of aromatic hydroxyl groups is 1. The molecular formula is C31H29NO5. The summed E-state index contributed by atoms with van der Waals surface area (Å²) in [6.45, 7) is 4.23. The lowest BCUT2D eigenvalue weighted by molar-refractivity contribution is 0.0535. The Balaban J connectivity index is 1.26. The number of benzene rings is 4. The number of fused-ring (bicyclic) bond motifs is 2. The molecule has 0 atom stereocenters. The number of likely N-dealkylation sites (tertiary alicyclic amines) is 1. The van der Waals surface area contributed by atoms with E-state index in [1.807, 2.05) is 60.7 Å². The van der Waals surface area contributed by atoms with Gasteiger partial charge in [-0.15, -0.1) is 0 Å². The predicted molar refractivity (Wildman–Crippen MR) is 142 cm³/mol. The van der Waals surface area contributed by atoms with E-state index in [1.165, 1.54) is 19.3 Å². The van der Waals surface area contributed by atoms with Crippen LogP contribution in [-0.2, 0) is 11.3 Å². The van der Waals surface area contributed by atoms with Crippen LogP contribution in [0.25, 0.3) is 21.9 Å². The molecule has 0 radical (unpaired) electrons. The van der Waals surface area contributed by atoms with E-state index in [-0.39, 0.29) is 11.7 Å². The molecule has 0 saturated carbocycles. The maximum Gasteiger partial charge on any atom is 0.338 e. The number of hydrogen-bond donors (Lipinski definition) is 1. The lowest BCUT2D eigenvalue weighted by Crippen LogP contribution is -2.33. The van der Waals surface area contributed by atoms with Gasteiger partial charge in [0.2, 0.25) is 0 Å². The lowest BCUT2D eigenvalue weighted by atomic mass is 9.96. The molecule has 188 valence electrons. The van der Waals surface area contributed by atoms with Crippen molar-refractivity contribution < 1.29 is 24.1 Å². The third-order valence-electron chi connectivity index (χ3n) is 7.12. The second-order valence-corrected chi connectivity index (χ2v) is 9.62. The van der Waals surface area contributed by atoms with Crippen molar-refractivity contribution in [1.82, 2.24) is 4.90 Å². The zero-order valence-electron chi connectivity index (χ0n) is 20.6. The molecule has 2 aliphatic rings. The van der Waals surface area contributed by atoms with E-state index < -0.39 is 0 Å². The van der Waals surface area contributed by atoms with Crippen LogP contribution in [-0.4, -0.2) is 42.2 Å². The molecule has 37 heavy (non-hydrogen) atoms. The molecular weight excluding hydrogens is 466 g/mol. The van der Waals surface area contributed by atoms with Gasteiger partial charge in [0.1, 0.15) is 36.2 Å². The number of nitrogens with zero attached hydrogens (tertiary/aromatic N) is 1. The van der Waals surface area contributed by atoms with Crippen LogP contribution < -0.4 is 9.47 Å². The van der Waals surface area contributed by atoms with Gasteiger partial charge in [0.25, 0.3) is 0 Å². The number of phenolic OH excluding ortho intramolecular Hbond substituents is 1. The zero-order valence-corrected chi connectivity index (χ0v) is 20.6. The van der Waals surface area contributed by atoms with Crippen molar-refractivity contribution in [3.63, 3.8) is 0 Å². The van der Waals surface area contributed by atoms with Crippen molar-refractivity contribution in [3.8, 4) is 34.1 Å². The summed E-state index contributed by atoms with van der Waals surface area (Å²) in [7, 11) is 0. The minimum absolute atomic E-state index is 0.192. The third kappa shape index (κ3) is 4.98. The first-order chi connectivity index (χ1) is 18.1. The van der Waals surface area contributed by atoms with E-state index in [0.717, 1.165) is 52.8 Å². The highest BCUT2D eigenvalue weighted by atomic mass is 16.5. The summed E-state index contributed by atoms with van der Waals surface area (Å²) in [5, 5.41) is 11.7. The van der Waals surface area contributed by atoms with E-state index in [9.17, 15) is 9.90 Å². The average molecular weight is 496 g/mol. The molecule has 0 aliphatic carbocycles. The van der Waals surface area contributed by atoms with Crippen LogP contribution in [0.1, 0.15) is 35.2 Å². The van der Waals surface area contributed by atoms with Gasteiger partial charge in [0, 0.05) is 23.1 Å². The number of hydrogen-bond acceptors (Lipinski definition) is 6. The molecule has 1 saturated heterocycles. The summed E-state index contributed by atoms with van der Waals surface area (Å²) < 4.78 is 17.6. The SMILES string of the molecule is O=C1OCc2ccc(-c3ccc4cc(O)ccc4c3Oc3ccc(OCCN4CCCCC4)cc3)cc21. The number of carbonyl (C=O) groups excluding carboxylic acids is 1. The topological polar surface area (TPSA) is 68.2 Å². The van der Waals surface area contributed by atoms with Crippen molar-refractivity contribution in [2.24, 2.45) is 0 Å². The number of phenols is 1. The van der Waals surface area contributed by atoms with Crippen molar-refractivity contribution in [2.75, 3.05) is 26.2 Å².